The first kappa shape index (κ1) is 17.2. The lowest BCUT2D eigenvalue weighted by Gasteiger charge is -2.34. The minimum atomic E-state index is -0.545. The third-order valence-electron chi connectivity index (χ3n) is 3.78. The van der Waals surface area contributed by atoms with E-state index in [0.29, 0.717) is 18.4 Å². The van der Waals surface area contributed by atoms with Gasteiger partial charge in [-0.1, -0.05) is 54.6 Å². The van der Waals surface area contributed by atoms with E-state index < -0.39 is 5.54 Å². The SMILES string of the molecule is C=CCC(CC=C)(NC(=O)c1ccccc1Br)c1ccccc1. The van der Waals surface area contributed by atoms with Crippen molar-refractivity contribution in [3.8, 4) is 0 Å². The van der Waals surface area contributed by atoms with Crippen LogP contribution in [0.15, 0.2) is 84.4 Å². The minimum absolute atomic E-state index is 0.120. The molecule has 0 atom stereocenters. The summed E-state index contributed by atoms with van der Waals surface area (Å²) < 4.78 is 0.775. The quantitative estimate of drug-likeness (QED) is 0.665. The maximum Gasteiger partial charge on any atom is 0.253 e. The van der Waals surface area contributed by atoms with Gasteiger partial charge in [0.05, 0.1) is 11.1 Å². The van der Waals surface area contributed by atoms with E-state index >= 15 is 0 Å². The molecule has 0 saturated carbocycles. The summed E-state index contributed by atoms with van der Waals surface area (Å²) in [7, 11) is 0. The van der Waals surface area contributed by atoms with Crippen molar-refractivity contribution >= 4 is 21.8 Å². The van der Waals surface area contributed by atoms with Crippen LogP contribution in [0.25, 0.3) is 0 Å². The number of nitrogens with one attached hydrogen (secondary N) is 1. The van der Waals surface area contributed by atoms with Crippen LogP contribution in [0.2, 0.25) is 0 Å². The molecule has 118 valence electrons. The van der Waals surface area contributed by atoms with Crippen LogP contribution in [0.4, 0.5) is 0 Å². The van der Waals surface area contributed by atoms with Crippen LogP contribution in [-0.4, -0.2) is 5.91 Å². The highest BCUT2D eigenvalue weighted by molar-refractivity contribution is 9.10. The summed E-state index contributed by atoms with van der Waals surface area (Å²) in [6.45, 7) is 7.71. The van der Waals surface area contributed by atoms with Crippen molar-refractivity contribution in [2.75, 3.05) is 0 Å². The fraction of sp³-hybridized carbons (Fsp3) is 0.150. The highest BCUT2D eigenvalue weighted by atomic mass is 79.9. The summed E-state index contributed by atoms with van der Waals surface area (Å²) in [6, 6.07) is 17.4. The molecule has 2 aromatic carbocycles. The van der Waals surface area contributed by atoms with Crippen molar-refractivity contribution in [3.05, 3.63) is 95.5 Å². The van der Waals surface area contributed by atoms with Crippen LogP contribution in [-0.2, 0) is 5.54 Å². The molecule has 0 aromatic heterocycles. The molecule has 0 fully saturated rings. The molecule has 2 aromatic rings. The Labute approximate surface area is 146 Å². The molecule has 0 unspecified atom stereocenters. The van der Waals surface area contributed by atoms with Gasteiger partial charge in [0.25, 0.3) is 5.91 Å². The Kier molecular flexibility index (Phi) is 5.94. The van der Waals surface area contributed by atoms with Crippen LogP contribution in [0.5, 0.6) is 0 Å². The Hall–Kier alpha value is -2.13. The van der Waals surface area contributed by atoms with Gasteiger partial charge in [-0.05, 0) is 46.5 Å². The van der Waals surface area contributed by atoms with Crippen molar-refractivity contribution in [3.63, 3.8) is 0 Å². The standard InChI is InChI=1S/C20H20BrNO/c1-3-14-20(15-4-2,16-10-6-5-7-11-16)22-19(23)17-12-8-9-13-18(17)21/h3-13H,1-2,14-15H2,(H,22,23). The van der Waals surface area contributed by atoms with Crippen LogP contribution >= 0.6 is 15.9 Å². The normalized spacial score (nSPS) is 10.8. The zero-order valence-electron chi connectivity index (χ0n) is 13.0. The lowest BCUT2D eigenvalue weighted by atomic mass is 9.83. The van der Waals surface area contributed by atoms with Crippen molar-refractivity contribution < 1.29 is 4.79 Å². The average molecular weight is 370 g/mol. The van der Waals surface area contributed by atoms with Gasteiger partial charge in [0, 0.05) is 4.47 Å². The molecule has 0 aliphatic heterocycles. The number of halogens is 1. The van der Waals surface area contributed by atoms with E-state index in [1.807, 2.05) is 60.7 Å². The summed E-state index contributed by atoms with van der Waals surface area (Å²) >= 11 is 3.44. The van der Waals surface area contributed by atoms with Gasteiger partial charge in [-0.2, -0.15) is 0 Å². The molecule has 23 heavy (non-hydrogen) atoms. The van der Waals surface area contributed by atoms with Crippen LogP contribution in [0.1, 0.15) is 28.8 Å². The third kappa shape index (κ3) is 3.99. The van der Waals surface area contributed by atoms with Gasteiger partial charge in [0.2, 0.25) is 0 Å². The fourth-order valence-corrected chi connectivity index (χ4v) is 3.14. The van der Waals surface area contributed by atoms with Crippen LogP contribution in [0, 0.1) is 0 Å². The van der Waals surface area contributed by atoms with E-state index in [1.54, 1.807) is 6.07 Å². The lowest BCUT2D eigenvalue weighted by Crippen LogP contribution is -2.45. The molecule has 0 saturated heterocycles. The van der Waals surface area contributed by atoms with E-state index in [4.69, 9.17) is 0 Å². The maximum absolute atomic E-state index is 12.8. The third-order valence-corrected chi connectivity index (χ3v) is 4.47. The molecule has 2 rings (SSSR count). The Morgan fingerprint density at radius 1 is 1.00 bits per heavy atom. The number of rotatable bonds is 7. The molecule has 0 aliphatic rings. The maximum atomic E-state index is 12.8. The first-order valence-corrected chi connectivity index (χ1v) is 8.26. The van der Waals surface area contributed by atoms with Crippen molar-refractivity contribution in [1.29, 1.82) is 0 Å². The van der Waals surface area contributed by atoms with Gasteiger partial charge in [0.1, 0.15) is 0 Å². The Balaban J connectivity index is 2.42. The van der Waals surface area contributed by atoms with Gasteiger partial charge in [0.15, 0.2) is 0 Å². The summed E-state index contributed by atoms with van der Waals surface area (Å²) in [5, 5.41) is 3.19. The van der Waals surface area contributed by atoms with E-state index in [2.05, 4.69) is 34.4 Å². The molecule has 1 amide bonds. The Morgan fingerprint density at radius 2 is 1.57 bits per heavy atom. The van der Waals surface area contributed by atoms with E-state index in [9.17, 15) is 4.79 Å². The predicted molar refractivity (Wildman–Crippen MR) is 99.4 cm³/mol. The number of benzene rings is 2. The second-order valence-corrected chi connectivity index (χ2v) is 6.22. The highest BCUT2D eigenvalue weighted by Crippen LogP contribution is 2.31. The van der Waals surface area contributed by atoms with Gasteiger partial charge in [-0.15, -0.1) is 13.2 Å². The number of amides is 1. The number of hydrogen-bond donors (Lipinski definition) is 1. The molecular weight excluding hydrogens is 350 g/mol. The van der Waals surface area contributed by atoms with Crippen molar-refractivity contribution in [1.82, 2.24) is 5.32 Å². The average Bonchev–Trinajstić information content (AvgIpc) is 2.56. The first-order valence-electron chi connectivity index (χ1n) is 7.47. The van der Waals surface area contributed by atoms with Crippen molar-refractivity contribution in [2.24, 2.45) is 0 Å². The van der Waals surface area contributed by atoms with E-state index in [0.717, 1.165) is 10.0 Å². The molecule has 2 nitrogen and oxygen atoms in total. The zero-order chi connectivity index (χ0) is 16.7. The summed E-state index contributed by atoms with van der Waals surface area (Å²) in [6.07, 6.45) is 4.91. The predicted octanol–water partition coefficient (Wildman–Crippen LogP) is 5.23. The number of carbonyl (C=O) groups excluding carboxylic acids is 1. The van der Waals surface area contributed by atoms with E-state index in [1.165, 1.54) is 0 Å². The minimum Gasteiger partial charge on any atom is -0.342 e. The summed E-state index contributed by atoms with van der Waals surface area (Å²) in [5.74, 6) is -0.120. The van der Waals surface area contributed by atoms with Gasteiger partial charge >= 0.3 is 0 Å². The first-order chi connectivity index (χ1) is 11.1. The smallest absolute Gasteiger partial charge is 0.253 e. The highest BCUT2D eigenvalue weighted by Gasteiger charge is 2.32. The zero-order valence-corrected chi connectivity index (χ0v) is 14.6. The fourth-order valence-electron chi connectivity index (χ4n) is 2.67. The molecule has 0 aliphatic carbocycles. The van der Waals surface area contributed by atoms with Crippen LogP contribution < -0.4 is 5.32 Å². The summed E-state index contributed by atoms with van der Waals surface area (Å²) in [4.78, 5) is 12.8. The second-order valence-electron chi connectivity index (χ2n) is 5.37. The number of carbonyl (C=O) groups is 1. The molecular formula is C20H20BrNO. The second kappa shape index (κ2) is 7.93. The summed E-state index contributed by atoms with van der Waals surface area (Å²) in [5.41, 5.74) is 1.11. The molecule has 0 spiro atoms. The topological polar surface area (TPSA) is 29.1 Å². The van der Waals surface area contributed by atoms with Crippen molar-refractivity contribution in [2.45, 2.75) is 18.4 Å². The van der Waals surface area contributed by atoms with Crippen LogP contribution in [0.3, 0.4) is 0 Å². The lowest BCUT2D eigenvalue weighted by molar-refractivity contribution is 0.0896. The molecule has 0 radical (unpaired) electrons. The van der Waals surface area contributed by atoms with Gasteiger partial charge in [-0.3, -0.25) is 4.79 Å². The Bertz CT molecular complexity index is 684. The largest absolute Gasteiger partial charge is 0.342 e. The monoisotopic (exact) mass is 369 g/mol. The number of hydrogen-bond acceptors (Lipinski definition) is 1. The Morgan fingerprint density at radius 3 is 2.13 bits per heavy atom. The molecule has 0 bridgehead atoms. The molecule has 1 N–H and O–H groups in total. The van der Waals surface area contributed by atoms with E-state index in [-0.39, 0.29) is 5.91 Å². The molecule has 0 heterocycles. The van der Waals surface area contributed by atoms with Gasteiger partial charge in [-0.25, -0.2) is 0 Å². The van der Waals surface area contributed by atoms with Gasteiger partial charge < -0.3 is 5.32 Å². The molecule has 3 heteroatoms.